The zero-order valence-corrected chi connectivity index (χ0v) is 13.4. The van der Waals surface area contributed by atoms with E-state index in [0.717, 1.165) is 17.4 Å². The predicted molar refractivity (Wildman–Crippen MR) is 81.1 cm³/mol. The quantitative estimate of drug-likeness (QED) is 0.828. The first-order valence-electron chi connectivity index (χ1n) is 6.54. The van der Waals surface area contributed by atoms with Gasteiger partial charge in [0.25, 0.3) is 0 Å². The normalized spacial score (nSPS) is 14.4. The van der Waals surface area contributed by atoms with Crippen molar-refractivity contribution in [3.63, 3.8) is 0 Å². The van der Waals surface area contributed by atoms with Crippen molar-refractivity contribution < 1.29 is 9.90 Å². The van der Waals surface area contributed by atoms with E-state index in [-0.39, 0.29) is 0 Å². The van der Waals surface area contributed by atoms with Gasteiger partial charge in [0.15, 0.2) is 0 Å². The molecule has 0 amide bonds. The molecule has 1 unspecified atom stereocenters. The lowest BCUT2D eigenvalue weighted by atomic mass is 9.85. The molecule has 1 aromatic rings. The second-order valence-electron chi connectivity index (χ2n) is 5.42. The Hall–Kier alpha value is -0.870. The standard InChI is InChI=1S/C15H22BrNO2/c1-4-8-15(2,14(18)19)11-17(3)10-12-6-5-7-13(16)9-12/h5-7,9H,4,8,10-11H2,1-3H3,(H,18,19). The van der Waals surface area contributed by atoms with Crippen molar-refractivity contribution in [2.75, 3.05) is 13.6 Å². The summed E-state index contributed by atoms with van der Waals surface area (Å²) >= 11 is 3.45. The first-order chi connectivity index (χ1) is 8.87. The molecule has 0 fully saturated rings. The smallest absolute Gasteiger partial charge is 0.310 e. The summed E-state index contributed by atoms with van der Waals surface area (Å²) in [6.07, 6.45) is 1.58. The van der Waals surface area contributed by atoms with Crippen LogP contribution in [0.1, 0.15) is 32.3 Å². The molecule has 0 radical (unpaired) electrons. The maximum atomic E-state index is 11.4. The third kappa shape index (κ3) is 4.96. The van der Waals surface area contributed by atoms with E-state index in [9.17, 15) is 9.90 Å². The minimum absolute atomic E-state index is 0.558. The number of rotatable bonds is 7. The minimum Gasteiger partial charge on any atom is -0.481 e. The molecule has 0 saturated heterocycles. The summed E-state index contributed by atoms with van der Waals surface area (Å²) in [4.78, 5) is 13.5. The summed E-state index contributed by atoms with van der Waals surface area (Å²) in [6.45, 7) is 5.17. The Morgan fingerprint density at radius 1 is 1.47 bits per heavy atom. The van der Waals surface area contributed by atoms with Crippen LogP contribution < -0.4 is 0 Å². The zero-order valence-electron chi connectivity index (χ0n) is 11.8. The Morgan fingerprint density at radius 2 is 2.16 bits per heavy atom. The fraction of sp³-hybridized carbons (Fsp3) is 0.533. The molecule has 1 atom stereocenters. The first kappa shape index (κ1) is 16.2. The highest BCUT2D eigenvalue weighted by atomic mass is 79.9. The van der Waals surface area contributed by atoms with E-state index < -0.39 is 11.4 Å². The van der Waals surface area contributed by atoms with E-state index in [1.165, 1.54) is 5.56 Å². The maximum Gasteiger partial charge on any atom is 0.310 e. The minimum atomic E-state index is -0.713. The van der Waals surface area contributed by atoms with Gasteiger partial charge in [-0.1, -0.05) is 41.4 Å². The third-order valence-corrected chi connectivity index (χ3v) is 3.77. The van der Waals surface area contributed by atoms with Crippen molar-refractivity contribution >= 4 is 21.9 Å². The average Bonchev–Trinajstić information content (AvgIpc) is 2.28. The van der Waals surface area contributed by atoms with Crippen LogP contribution in [-0.4, -0.2) is 29.6 Å². The van der Waals surface area contributed by atoms with Crippen LogP contribution in [0, 0.1) is 5.41 Å². The lowest BCUT2D eigenvalue weighted by molar-refractivity contribution is -0.149. The molecule has 4 heteroatoms. The number of carbonyl (C=O) groups is 1. The SMILES string of the molecule is CCCC(C)(CN(C)Cc1cccc(Br)c1)C(=O)O. The third-order valence-electron chi connectivity index (χ3n) is 3.28. The molecule has 19 heavy (non-hydrogen) atoms. The number of nitrogens with zero attached hydrogens (tertiary/aromatic N) is 1. The predicted octanol–water partition coefficient (Wildman–Crippen LogP) is 3.77. The fourth-order valence-electron chi connectivity index (χ4n) is 2.40. The van der Waals surface area contributed by atoms with Gasteiger partial charge in [-0.3, -0.25) is 4.79 Å². The summed E-state index contributed by atoms with van der Waals surface area (Å²) in [5.41, 5.74) is 0.510. The highest BCUT2D eigenvalue weighted by Gasteiger charge is 2.33. The molecule has 106 valence electrons. The van der Waals surface area contributed by atoms with Gasteiger partial charge in [-0.05, 0) is 38.1 Å². The largest absolute Gasteiger partial charge is 0.481 e. The highest BCUT2D eigenvalue weighted by molar-refractivity contribution is 9.10. The number of benzene rings is 1. The van der Waals surface area contributed by atoms with Gasteiger partial charge in [-0.25, -0.2) is 0 Å². The van der Waals surface area contributed by atoms with Crippen molar-refractivity contribution in [2.24, 2.45) is 5.41 Å². The zero-order chi connectivity index (χ0) is 14.5. The summed E-state index contributed by atoms with van der Waals surface area (Å²) in [5, 5.41) is 9.39. The second-order valence-corrected chi connectivity index (χ2v) is 6.33. The van der Waals surface area contributed by atoms with Crippen molar-refractivity contribution in [3.05, 3.63) is 34.3 Å². The van der Waals surface area contributed by atoms with Crippen molar-refractivity contribution in [3.8, 4) is 0 Å². The molecule has 0 aliphatic rings. The average molecular weight is 328 g/mol. The number of carboxylic acids is 1. The van der Waals surface area contributed by atoms with E-state index in [1.807, 2.05) is 33.0 Å². The van der Waals surface area contributed by atoms with E-state index in [0.29, 0.717) is 13.0 Å². The first-order valence-corrected chi connectivity index (χ1v) is 7.33. The van der Waals surface area contributed by atoms with Crippen LogP contribution in [0.5, 0.6) is 0 Å². The molecular formula is C15H22BrNO2. The van der Waals surface area contributed by atoms with Crippen LogP contribution >= 0.6 is 15.9 Å². The summed E-state index contributed by atoms with van der Waals surface area (Å²) in [6, 6.07) is 8.10. The van der Waals surface area contributed by atoms with Gasteiger partial charge in [0.05, 0.1) is 5.41 Å². The number of hydrogen-bond donors (Lipinski definition) is 1. The van der Waals surface area contributed by atoms with Crippen LogP contribution in [0.4, 0.5) is 0 Å². The maximum absolute atomic E-state index is 11.4. The van der Waals surface area contributed by atoms with E-state index >= 15 is 0 Å². The molecule has 0 aromatic heterocycles. The molecule has 1 N–H and O–H groups in total. The molecule has 0 spiro atoms. The van der Waals surface area contributed by atoms with E-state index in [1.54, 1.807) is 0 Å². The molecule has 3 nitrogen and oxygen atoms in total. The van der Waals surface area contributed by atoms with Crippen molar-refractivity contribution in [1.82, 2.24) is 4.90 Å². The molecule has 1 aromatic carbocycles. The summed E-state index contributed by atoms with van der Waals surface area (Å²) in [7, 11) is 1.97. The van der Waals surface area contributed by atoms with Crippen LogP contribution in [-0.2, 0) is 11.3 Å². The molecule has 1 rings (SSSR count). The van der Waals surface area contributed by atoms with E-state index in [4.69, 9.17) is 0 Å². The summed E-state index contributed by atoms with van der Waals surface area (Å²) in [5.74, 6) is -0.713. The Balaban J connectivity index is 2.68. The van der Waals surface area contributed by atoms with Gasteiger partial charge in [0.1, 0.15) is 0 Å². The monoisotopic (exact) mass is 327 g/mol. The highest BCUT2D eigenvalue weighted by Crippen LogP contribution is 2.25. The number of hydrogen-bond acceptors (Lipinski definition) is 2. The topological polar surface area (TPSA) is 40.5 Å². The van der Waals surface area contributed by atoms with Gasteiger partial charge in [0.2, 0.25) is 0 Å². The Morgan fingerprint density at radius 3 is 2.68 bits per heavy atom. The van der Waals surface area contributed by atoms with Gasteiger partial charge in [-0.2, -0.15) is 0 Å². The van der Waals surface area contributed by atoms with Crippen LogP contribution in [0.15, 0.2) is 28.7 Å². The lowest BCUT2D eigenvalue weighted by Gasteiger charge is -2.30. The Labute approximate surface area is 123 Å². The van der Waals surface area contributed by atoms with Crippen LogP contribution in [0.25, 0.3) is 0 Å². The van der Waals surface area contributed by atoms with Crippen LogP contribution in [0.2, 0.25) is 0 Å². The van der Waals surface area contributed by atoms with Crippen molar-refractivity contribution in [2.45, 2.75) is 33.2 Å². The Kier molecular flexibility index (Phi) is 6.01. The van der Waals surface area contributed by atoms with Gasteiger partial charge < -0.3 is 10.0 Å². The Bertz CT molecular complexity index is 436. The number of halogens is 1. The van der Waals surface area contributed by atoms with Crippen molar-refractivity contribution in [1.29, 1.82) is 0 Å². The van der Waals surface area contributed by atoms with Crippen LogP contribution in [0.3, 0.4) is 0 Å². The van der Waals surface area contributed by atoms with Gasteiger partial charge in [-0.15, -0.1) is 0 Å². The van der Waals surface area contributed by atoms with Gasteiger partial charge >= 0.3 is 5.97 Å². The number of aliphatic carboxylic acids is 1. The fourth-order valence-corrected chi connectivity index (χ4v) is 2.85. The lowest BCUT2D eigenvalue weighted by Crippen LogP contribution is -2.39. The van der Waals surface area contributed by atoms with E-state index in [2.05, 4.69) is 33.0 Å². The molecule has 0 heterocycles. The molecular weight excluding hydrogens is 306 g/mol. The van der Waals surface area contributed by atoms with Gasteiger partial charge in [0, 0.05) is 17.6 Å². The summed E-state index contributed by atoms with van der Waals surface area (Å²) < 4.78 is 1.05. The molecule has 0 bridgehead atoms. The molecule has 0 saturated carbocycles. The molecule has 0 aliphatic carbocycles. The molecule has 0 aliphatic heterocycles. The second kappa shape index (κ2) is 7.06. The number of carboxylic acid groups (broad SMARTS) is 1.